The number of rotatable bonds is 9. The van der Waals surface area contributed by atoms with E-state index in [2.05, 4.69) is 312 Å². The SMILES string of the molecule is c1ccc(-c2ccc(N(c3ccc(-c4ccccc4)cc3)c3ccc4c(c3)oc3cccc(N(c5ccccc5)c5cccc6c5-c5ccccc5C65c6ccccc6N(c6ccccc6)c6ccccc65)c34)cc2)cc1. The van der Waals surface area contributed by atoms with E-state index in [1.165, 1.54) is 67.0 Å². The minimum absolute atomic E-state index is 0.608. The fourth-order valence-electron chi connectivity index (χ4n) is 12.6. The number of furan rings is 1. The summed E-state index contributed by atoms with van der Waals surface area (Å²) in [6.07, 6.45) is 0. The lowest BCUT2D eigenvalue weighted by Gasteiger charge is -2.45. The third kappa shape index (κ3) is 7.00. The molecule has 1 aromatic heterocycles. The summed E-state index contributed by atoms with van der Waals surface area (Å²) in [6.45, 7) is 0. The predicted octanol–water partition coefficient (Wildman–Crippen LogP) is 20.0. The van der Waals surface area contributed by atoms with Crippen molar-refractivity contribution in [1.29, 1.82) is 0 Å². The van der Waals surface area contributed by atoms with Gasteiger partial charge in [0.2, 0.25) is 0 Å². The second-order valence-electron chi connectivity index (χ2n) is 20.0. The summed E-state index contributed by atoms with van der Waals surface area (Å²) < 4.78 is 7.04. The highest BCUT2D eigenvalue weighted by molar-refractivity contribution is 6.15. The number of para-hydroxylation sites is 4. The molecule has 0 bridgehead atoms. The van der Waals surface area contributed by atoms with Crippen LogP contribution in [-0.2, 0) is 5.41 Å². The molecule has 4 nitrogen and oxygen atoms in total. The Morgan fingerprint density at radius 3 is 1.40 bits per heavy atom. The second-order valence-corrected chi connectivity index (χ2v) is 20.0. The topological polar surface area (TPSA) is 22.9 Å². The highest BCUT2D eigenvalue weighted by Gasteiger charge is 2.52. The molecule has 0 N–H and O–H groups in total. The fraction of sp³-hybridized carbons (Fsp3) is 0.0137. The highest BCUT2D eigenvalue weighted by atomic mass is 16.3. The van der Waals surface area contributed by atoms with Gasteiger partial charge in [0.1, 0.15) is 11.2 Å². The van der Waals surface area contributed by atoms with Gasteiger partial charge in [-0.25, -0.2) is 0 Å². The fourth-order valence-corrected chi connectivity index (χ4v) is 12.6. The zero-order chi connectivity index (χ0) is 50.9. The van der Waals surface area contributed by atoms with Gasteiger partial charge in [-0.3, -0.25) is 0 Å². The van der Waals surface area contributed by atoms with Crippen molar-refractivity contribution >= 4 is 73.1 Å². The molecule has 0 amide bonds. The van der Waals surface area contributed by atoms with Gasteiger partial charge in [0.05, 0.1) is 33.6 Å². The molecule has 4 heteroatoms. The summed E-state index contributed by atoms with van der Waals surface area (Å²) in [7, 11) is 0. The van der Waals surface area contributed by atoms with E-state index in [1.54, 1.807) is 0 Å². The molecule has 15 rings (SSSR count). The Morgan fingerprint density at radius 2 is 0.779 bits per heavy atom. The molecule has 0 saturated carbocycles. The molecule has 0 radical (unpaired) electrons. The van der Waals surface area contributed by atoms with Crippen molar-refractivity contribution in [2.45, 2.75) is 5.41 Å². The first-order valence-corrected chi connectivity index (χ1v) is 26.4. The molecule has 1 aliphatic carbocycles. The molecule has 0 unspecified atom stereocenters. The van der Waals surface area contributed by atoms with E-state index >= 15 is 0 Å². The molecule has 13 aromatic rings. The van der Waals surface area contributed by atoms with Gasteiger partial charge in [-0.2, -0.15) is 0 Å². The Morgan fingerprint density at radius 1 is 0.312 bits per heavy atom. The first kappa shape index (κ1) is 44.3. The van der Waals surface area contributed by atoms with Crippen LogP contribution in [0.5, 0.6) is 0 Å². The van der Waals surface area contributed by atoms with E-state index in [1.807, 2.05) is 0 Å². The van der Waals surface area contributed by atoms with Crippen molar-refractivity contribution in [3.05, 3.63) is 320 Å². The van der Waals surface area contributed by atoms with Crippen LogP contribution in [0.2, 0.25) is 0 Å². The largest absolute Gasteiger partial charge is 0.456 e. The molecule has 0 atom stereocenters. The lowest BCUT2D eigenvalue weighted by Crippen LogP contribution is -2.36. The van der Waals surface area contributed by atoms with E-state index in [0.717, 1.165) is 61.8 Å². The van der Waals surface area contributed by atoms with E-state index in [4.69, 9.17) is 4.42 Å². The van der Waals surface area contributed by atoms with E-state index < -0.39 is 5.41 Å². The van der Waals surface area contributed by atoms with Crippen molar-refractivity contribution in [2.24, 2.45) is 0 Å². The zero-order valence-corrected chi connectivity index (χ0v) is 42.0. The molecule has 12 aromatic carbocycles. The lowest BCUT2D eigenvalue weighted by molar-refractivity contribution is 0.669. The summed E-state index contributed by atoms with van der Waals surface area (Å²) in [5, 5.41) is 2.09. The van der Waals surface area contributed by atoms with Crippen LogP contribution in [0.15, 0.2) is 302 Å². The first-order valence-electron chi connectivity index (χ1n) is 26.4. The van der Waals surface area contributed by atoms with Gasteiger partial charge in [0.25, 0.3) is 0 Å². The van der Waals surface area contributed by atoms with Crippen LogP contribution in [-0.4, -0.2) is 0 Å². The number of benzene rings is 12. The normalized spacial score (nSPS) is 12.8. The minimum Gasteiger partial charge on any atom is -0.456 e. The monoisotopic (exact) mass is 983 g/mol. The lowest BCUT2D eigenvalue weighted by atomic mass is 9.64. The molecule has 2 aliphatic rings. The molecule has 1 spiro atoms. The summed E-state index contributed by atoms with van der Waals surface area (Å²) in [5.41, 5.74) is 23.0. The van der Waals surface area contributed by atoms with Crippen LogP contribution in [0.4, 0.5) is 51.2 Å². The molecule has 2 heterocycles. The van der Waals surface area contributed by atoms with E-state index in [0.29, 0.717) is 0 Å². The Balaban J connectivity index is 0.912. The average molecular weight is 984 g/mol. The highest BCUT2D eigenvalue weighted by Crippen LogP contribution is 2.65. The molecule has 77 heavy (non-hydrogen) atoms. The minimum atomic E-state index is -0.608. The van der Waals surface area contributed by atoms with Gasteiger partial charge in [0.15, 0.2) is 0 Å². The predicted molar refractivity (Wildman–Crippen MR) is 320 cm³/mol. The Kier molecular flexibility index (Phi) is 10.4. The van der Waals surface area contributed by atoms with Crippen LogP contribution in [0.3, 0.4) is 0 Å². The summed E-state index contributed by atoms with van der Waals surface area (Å²) >= 11 is 0. The Bertz CT molecular complexity index is 4190. The Hall–Kier alpha value is -10.2. The van der Waals surface area contributed by atoms with Gasteiger partial charge in [-0.15, -0.1) is 0 Å². The van der Waals surface area contributed by atoms with Gasteiger partial charge in [0, 0.05) is 45.5 Å². The van der Waals surface area contributed by atoms with Crippen molar-refractivity contribution < 1.29 is 4.42 Å². The number of nitrogens with zero attached hydrogens (tertiary/aromatic N) is 3. The number of fused-ring (bicyclic) bond motifs is 12. The summed E-state index contributed by atoms with van der Waals surface area (Å²) in [6, 6.07) is 108. The number of hydrogen-bond donors (Lipinski definition) is 0. The molecule has 0 fully saturated rings. The van der Waals surface area contributed by atoms with Crippen molar-refractivity contribution in [1.82, 2.24) is 0 Å². The van der Waals surface area contributed by atoms with Gasteiger partial charge >= 0.3 is 0 Å². The third-order valence-corrected chi connectivity index (χ3v) is 15.8. The molecule has 0 saturated heterocycles. The maximum atomic E-state index is 7.04. The summed E-state index contributed by atoms with van der Waals surface area (Å²) in [5.74, 6) is 0. The number of anilines is 9. The first-order chi connectivity index (χ1) is 38.2. The molecular weight excluding hydrogens is 935 g/mol. The van der Waals surface area contributed by atoms with Gasteiger partial charge in [-0.1, -0.05) is 200 Å². The van der Waals surface area contributed by atoms with E-state index in [9.17, 15) is 0 Å². The zero-order valence-electron chi connectivity index (χ0n) is 42.0. The van der Waals surface area contributed by atoms with Gasteiger partial charge in [-0.05, 0) is 141 Å². The number of hydrogen-bond acceptors (Lipinski definition) is 4. The van der Waals surface area contributed by atoms with Crippen molar-refractivity contribution in [3.63, 3.8) is 0 Å². The van der Waals surface area contributed by atoms with Crippen LogP contribution in [0, 0.1) is 0 Å². The maximum Gasteiger partial charge on any atom is 0.137 e. The molecule has 1 aliphatic heterocycles. The molecular formula is C73H49N3O. The van der Waals surface area contributed by atoms with Crippen molar-refractivity contribution in [2.75, 3.05) is 14.7 Å². The van der Waals surface area contributed by atoms with Crippen LogP contribution >= 0.6 is 0 Å². The van der Waals surface area contributed by atoms with Crippen LogP contribution in [0.25, 0.3) is 55.3 Å². The summed E-state index contributed by atoms with van der Waals surface area (Å²) in [4.78, 5) is 7.23. The van der Waals surface area contributed by atoms with Crippen molar-refractivity contribution in [3.8, 4) is 33.4 Å². The maximum absolute atomic E-state index is 7.04. The average Bonchev–Trinajstić information content (AvgIpc) is 4.16. The van der Waals surface area contributed by atoms with Crippen LogP contribution in [0.1, 0.15) is 22.3 Å². The van der Waals surface area contributed by atoms with Crippen LogP contribution < -0.4 is 14.7 Å². The van der Waals surface area contributed by atoms with E-state index in [-0.39, 0.29) is 0 Å². The standard InChI is InChI=1S/C73H49N3O/c1-5-21-50(22-6-1)52-39-43-56(44-40-52)74(57-45-41-53(42-46-57)51-23-7-2-8-24-51)58-47-48-60-70(49-58)77-69-38-20-37-68(72(60)69)76(55-27-11-4-12-28-55)67-36-19-33-64-71(67)59-29-13-14-30-61(59)73(64)62-31-15-17-34-65(62)75(54-25-9-3-10-26-54)66-35-18-16-32-63(66)73/h1-49H. The third-order valence-electron chi connectivity index (χ3n) is 15.8. The second kappa shape index (κ2) is 18.0. The smallest absolute Gasteiger partial charge is 0.137 e. The quantitative estimate of drug-likeness (QED) is 0.144. The molecule has 362 valence electrons. The van der Waals surface area contributed by atoms with Gasteiger partial charge < -0.3 is 19.1 Å². The Labute approximate surface area is 448 Å².